The fourth-order valence-corrected chi connectivity index (χ4v) is 4.36. The van der Waals surface area contributed by atoms with Crippen LogP contribution >= 0.6 is 0 Å². The van der Waals surface area contributed by atoms with Gasteiger partial charge in [0.25, 0.3) is 11.8 Å². The van der Waals surface area contributed by atoms with E-state index in [-0.39, 0.29) is 24.7 Å². The first-order valence-electron chi connectivity index (χ1n) is 10.7. The van der Waals surface area contributed by atoms with Crippen molar-refractivity contribution in [3.05, 3.63) is 60.2 Å². The number of hydrogen-bond donors (Lipinski definition) is 1. The Balaban J connectivity index is 1.55. The lowest BCUT2D eigenvalue weighted by Gasteiger charge is -2.40. The first kappa shape index (κ1) is 23.1. The topological polar surface area (TPSA) is 127 Å². The summed E-state index contributed by atoms with van der Waals surface area (Å²) in [5, 5.41) is 5.73. The van der Waals surface area contributed by atoms with Crippen LogP contribution in [-0.2, 0) is 20.7 Å². The van der Waals surface area contributed by atoms with Gasteiger partial charge in [0.15, 0.2) is 0 Å². The molecule has 1 aromatic carbocycles. The van der Waals surface area contributed by atoms with Crippen molar-refractivity contribution in [3.63, 3.8) is 0 Å². The van der Waals surface area contributed by atoms with Crippen molar-refractivity contribution >= 4 is 23.6 Å². The number of amides is 3. The maximum absolute atomic E-state index is 13.4. The van der Waals surface area contributed by atoms with Crippen molar-refractivity contribution in [1.29, 1.82) is 0 Å². The molecule has 178 valence electrons. The van der Waals surface area contributed by atoms with Gasteiger partial charge >= 0.3 is 6.09 Å². The molecule has 3 amide bonds. The molecule has 3 heterocycles. The van der Waals surface area contributed by atoms with Crippen LogP contribution in [0.5, 0.6) is 5.75 Å². The molecule has 2 N–H and O–H groups in total. The van der Waals surface area contributed by atoms with E-state index in [9.17, 15) is 18.8 Å². The van der Waals surface area contributed by atoms with Gasteiger partial charge in [0, 0.05) is 32.6 Å². The number of hydrazone groups is 1. The average molecular weight is 469 g/mol. The van der Waals surface area contributed by atoms with Crippen LogP contribution in [0.2, 0.25) is 0 Å². The summed E-state index contributed by atoms with van der Waals surface area (Å²) in [5.74, 6) is -1.34. The van der Waals surface area contributed by atoms with E-state index < -0.39 is 35.9 Å². The number of hydrogen-bond acceptors (Lipinski definition) is 7. The van der Waals surface area contributed by atoms with Gasteiger partial charge in [0.05, 0.1) is 18.1 Å². The summed E-state index contributed by atoms with van der Waals surface area (Å²) in [7, 11) is 1.59. The van der Waals surface area contributed by atoms with Gasteiger partial charge in [-0.15, -0.1) is 0 Å². The molecule has 1 fully saturated rings. The fraction of sp³-hybridized carbons (Fsp3) is 0.348. The minimum absolute atomic E-state index is 0.0584. The normalized spacial score (nSPS) is 20.4. The van der Waals surface area contributed by atoms with Crippen molar-refractivity contribution in [3.8, 4) is 5.75 Å². The summed E-state index contributed by atoms with van der Waals surface area (Å²) in [6, 6.07) is 10.6. The molecule has 0 saturated carbocycles. The second-order valence-electron chi connectivity index (χ2n) is 8.21. The second kappa shape index (κ2) is 9.46. The molecule has 2 aliphatic rings. The number of rotatable bonds is 7. The lowest BCUT2D eigenvalue weighted by atomic mass is 9.73. The Bertz CT molecular complexity index is 1130. The highest BCUT2D eigenvalue weighted by Crippen LogP contribution is 2.38. The van der Waals surface area contributed by atoms with Crippen molar-refractivity contribution in [2.45, 2.75) is 18.9 Å². The Kier molecular flexibility index (Phi) is 6.44. The highest BCUT2D eigenvalue weighted by atomic mass is 19.1. The fourth-order valence-electron chi connectivity index (χ4n) is 4.36. The summed E-state index contributed by atoms with van der Waals surface area (Å²) < 4.78 is 23.8. The number of pyridine rings is 1. The molecule has 1 unspecified atom stereocenters. The smallest absolute Gasteiger partial charge is 0.405 e. The number of piperidine rings is 1. The quantitative estimate of drug-likeness (QED) is 0.652. The van der Waals surface area contributed by atoms with Gasteiger partial charge in [-0.3, -0.25) is 14.6 Å². The molecule has 0 aliphatic carbocycles. The molecule has 1 saturated heterocycles. The zero-order valence-electron chi connectivity index (χ0n) is 18.5. The number of carbonyl (C=O) groups is 3. The molecular formula is C23H24FN5O5. The molecule has 11 heteroatoms. The number of benzene rings is 1. The summed E-state index contributed by atoms with van der Waals surface area (Å²) in [6.07, 6.45) is 0.473. The first-order chi connectivity index (χ1) is 16.3. The molecule has 2 atom stereocenters. The van der Waals surface area contributed by atoms with E-state index >= 15 is 0 Å². The third-order valence-corrected chi connectivity index (χ3v) is 5.88. The van der Waals surface area contributed by atoms with Crippen LogP contribution < -0.4 is 10.5 Å². The minimum atomic E-state index is -1.39. The van der Waals surface area contributed by atoms with Gasteiger partial charge in [-0.1, -0.05) is 30.3 Å². The van der Waals surface area contributed by atoms with Gasteiger partial charge < -0.3 is 20.1 Å². The van der Waals surface area contributed by atoms with Crippen LogP contribution in [-0.4, -0.2) is 71.4 Å². The summed E-state index contributed by atoms with van der Waals surface area (Å²) >= 11 is 0. The molecule has 34 heavy (non-hydrogen) atoms. The Morgan fingerprint density at radius 2 is 2.03 bits per heavy atom. The molecular weight excluding hydrogens is 445 g/mol. The van der Waals surface area contributed by atoms with Crippen molar-refractivity contribution in [2.24, 2.45) is 16.3 Å². The number of aromatic nitrogens is 1. The van der Waals surface area contributed by atoms with Gasteiger partial charge in [0.2, 0.25) is 6.10 Å². The molecule has 10 nitrogen and oxygen atoms in total. The minimum Gasteiger partial charge on any atom is -0.487 e. The summed E-state index contributed by atoms with van der Waals surface area (Å²) in [5.41, 5.74) is 5.79. The number of primary amides is 1. The molecule has 1 aromatic heterocycles. The summed E-state index contributed by atoms with van der Waals surface area (Å²) in [4.78, 5) is 43.2. The first-order valence-corrected chi connectivity index (χ1v) is 10.7. The zero-order chi connectivity index (χ0) is 24.3. The molecule has 0 radical (unpaired) electrons. The SMILES string of the molecule is CN1N=C2CCN(C(=O)C(COc3cncc(F)c3)OC(N)=O)C[C@@]2(Cc2ccccc2)C1=O. The number of nitrogens with zero attached hydrogens (tertiary/aromatic N) is 4. The van der Waals surface area contributed by atoms with Crippen LogP contribution in [0.3, 0.4) is 0 Å². The maximum atomic E-state index is 13.4. The summed E-state index contributed by atoms with van der Waals surface area (Å²) in [6.45, 7) is -0.0672. The van der Waals surface area contributed by atoms with Crippen molar-refractivity contribution in [2.75, 3.05) is 26.7 Å². The van der Waals surface area contributed by atoms with Crippen LogP contribution in [0.15, 0.2) is 53.9 Å². The second-order valence-corrected chi connectivity index (χ2v) is 8.21. The van der Waals surface area contributed by atoms with Crippen molar-refractivity contribution < 1.29 is 28.2 Å². The van der Waals surface area contributed by atoms with Gasteiger partial charge in [-0.2, -0.15) is 5.10 Å². The number of nitrogens with two attached hydrogens (primary N) is 1. The van der Waals surface area contributed by atoms with Gasteiger partial charge in [-0.25, -0.2) is 14.2 Å². The molecule has 2 aliphatic heterocycles. The molecule has 0 spiro atoms. The predicted molar refractivity (Wildman–Crippen MR) is 118 cm³/mol. The van der Waals surface area contributed by atoms with E-state index in [4.69, 9.17) is 15.2 Å². The number of fused-ring (bicyclic) bond motifs is 1. The Morgan fingerprint density at radius 1 is 1.26 bits per heavy atom. The monoisotopic (exact) mass is 469 g/mol. The van der Waals surface area contributed by atoms with E-state index in [1.165, 1.54) is 16.1 Å². The Morgan fingerprint density at radius 3 is 2.74 bits per heavy atom. The molecule has 2 aromatic rings. The third-order valence-electron chi connectivity index (χ3n) is 5.88. The lowest BCUT2D eigenvalue weighted by molar-refractivity contribution is -0.146. The Labute approximate surface area is 195 Å². The highest BCUT2D eigenvalue weighted by molar-refractivity contribution is 6.13. The molecule has 0 bridgehead atoms. The van der Waals surface area contributed by atoms with E-state index in [1.54, 1.807) is 7.05 Å². The van der Waals surface area contributed by atoms with Crippen LogP contribution in [0, 0.1) is 11.2 Å². The van der Waals surface area contributed by atoms with Crippen molar-refractivity contribution in [1.82, 2.24) is 14.9 Å². The zero-order valence-corrected chi connectivity index (χ0v) is 18.5. The van der Waals surface area contributed by atoms with E-state index in [1.807, 2.05) is 30.3 Å². The van der Waals surface area contributed by atoms with E-state index in [0.29, 0.717) is 18.6 Å². The van der Waals surface area contributed by atoms with E-state index in [0.717, 1.165) is 17.8 Å². The van der Waals surface area contributed by atoms with Crippen LogP contribution in [0.25, 0.3) is 0 Å². The molecule has 4 rings (SSSR count). The average Bonchev–Trinajstić information content (AvgIpc) is 3.06. The highest BCUT2D eigenvalue weighted by Gasteiger charge is 2.54. The standard InChI is InChI=1S/C23H24FN5O5/c1-28-21(31)23(10-15-5-3-2-4-6-15)14-29(8-7-19(23)27-28)20(30)18(34-22(25)32)13-33-17-9-16(24)11-26-12-17/h2-6,9,11-12,18H,7-8,10,13-14H2,1H3,(H2,25,32)/t18?,23-/m1/s1. The Hall–Kier alpha value is -4.02. The number of carbonyl (C=O) groups excluding carboxylic acids is 3. The maximum Gasteiger partial charge on any atom is 0.405 e. The largest absolute Gasteiger partial charge is 0.487 e. The van der Waals surface area contributed by atoms with Crippen LogP contribution in [0.4, 0.5) is 9.18 Å². The number of likely N-dealkylation sites (tertiary alicyclic amines) is 1. The lowest BCUT2D eigenvalue weighted by Crippen LogP contribution is -2.58. The van der Waals surface area contributed by atoms with E-state index in [2.05, 4.69) is 10.1 Å². The van der Waals surface area contributed by atoms with Gasteiger partial charge in [-0.05, 0) is 12.0 Å². The number of ether oxygens (including phenoxy) is 2. The third kappa shape index (κ3) is 4.68. The van der Waals surface area contributed by atoms with Gasteiger partial charge in [0.1, 0.15) is 23.6 Å². The predicted octanol–water partition coefficient (Wildman–Crippen LogP) is 1.35. The number of halogens is 1. The van der Waals surface area contributed by atoms with Crippen LogP contribution in [0.1, 0.15) is 12.0 Å².